The van der Waals surface area contributed by atoms with Gasteiger partial charge in [-0.2, -0.15) is 0 Å². The van der Waals surface area contributed by atoms with Gasteiger partial charge in [0.25, 0.3) is 5.91 Å². The van der Waals surface area contributed by atoms with Crippen LogP contribution in [0, 0.1) is 5.82 Å². The fraction of sp³-hybridized carbons (Fsp3) is 0.250. The smallest absolute Gasteiger partial charge is 0.258 e. The summed E-state index contributed by atoms with van der Waals surface area (Å²) in [5.41, 5.74) is 2.12. The van der Waals surface area contributed by atoms with Crippen LogP contribution in [0.15, 0.2) is 55.1 Å². The van der Waals surface area contributed by atoms with Crippen LogP contribution in [-0.2, 0) is 4.74 Å². The van der Waals surface area contributed by atoms with Gasteiger partial charge < -0.3 is 9.64 Å². The van der Waals surface area contributed by atoms with Crippen molar-refractivity contribution in [1.29, 1.82) is 0 Å². The molecule has 124 valence electrons. The normalized spacial score (nSPS) is 15.0. The number of amides is 1. The summed E-state index contributed by atoms with van der Waals surface area (Å²) in [6, 6.07) is 13.5. The lowest BCUT2D eigenvalue weighted by molar-refractivity contribution is 0.0772. The number of rotatable bonds is 4. The van der Waals surface area contributed by atoms with Gasteiger partial charge >= 0.3 is 0 Å². The Hall–Kier alpha value is -2.46. The standard InChI is InChI=1S/C20H20FNO2/c1-2-15-6-8-16(9-7-15)20(23)22(18-10-12-24-13-11-18)19-5-3-4-17(21)14-19/h2-9,14,18H,1,10-13H2. The number of benzene rings is 2. The minimum atomic E-state index is -0.348. The predicted molar refractivity (Wildman–Crippen MR) is 93.6 cm³/mol. The van der Waals surface area contributed by atoms with E-state index in [9.17, 15) is 9.18 Å². The van der Waals surface area contributed by atoms with E-state index < -0.39 is 0 Å². The first-order valence-corrected chi connectivity index (χ1v) is 8.08. The average Bonchev–Trinajstić information content (AvgIpc) is 2.63. The molecule has 0 saturated carbocycles. The van der Waals surface area contributed by atoms with Crippen LogP contribution in [-0.4, -0.2) is 25.2 Å². The van der Waals surface area contributed by atoms with E-state index in [4.69, 9.17) is 4.74 Å². The summed E-state index contributed by atoms with van der Waals surface area (Å²) in [5.74, 6) is -0.470. The molecule has 2 aromatic carbocycles. The van der Waals surface area contributed by atoms with Gasteiger partial charge in [0, 0.05) is 30.5 Å². The fourth-order valence-corrected chi connectivity index (χ4v) is 2.96. The zero-order valence-corrected chi connectivity index (χ0v) is 13.5. The molecule has 0 bridgehead atoms. The molecule has 1 aliphatic heterocycles. The number of halogens is 1. The Bertz CT molecular complexity index is 721. The molecule has 2 aromatic rings. The molecule has 4 heteroatoms. The van der Waals surface area contributed by atoms with Gasteiger partial charge in [-0.05, 0) is 48.7 Å². The molecular weight excluding hydrogens is 305 g/mol. The van der Waals surface area contributed by atoms with Gasteiger partial charge in [-0.1, -0.05) is 30.9 Å². The molecule has 0 unspecified atom stereocenters. The molecular formula is C20H20FNO2. The zero-order valence-electron chi connectivity index (χ0n) is 13.5. The first-order chi connectivity index (χ1) is 11.7. The third-order valence-electron chi connectivity index (χ3n) is 4.25. The number of hydrogen-bond donors (Lipinski definition) is 0. The van der Waals surface area contributed by atoms with Crippen molar-refractivity contribution in [2.45, 2.75) is 18.9 Å². The third kappa shape index (κ3) is 3.54. The molecule has 3 nitrogen and oxygen atoms in total. The second-order valence-corrected chi connectivity index (χ2v) is 5.82. The summed E-state index contributed by atoms with van der Waals surface area (Å²) < 4.78 is 19.1. The molecule has 0 spiro atoms. The number of anilines is 1. The van der Waals surface area contributed by atoms with Crippen LogP contribution >= 0.6 is 0 Å². The van der Waals surface area contributed by atoms with Crippen LogP contribution in [0.3, 0.4) is 0 Å². The first-order valence-electron chi connectivity index (χ1n) is 8.08. The second-order valence-electron chi connectivity index (χ2n) is 5.82. The molecule has 1 heterocycles. The molecule has 1 fully saturated rings. The van der Waals surface area contributed by atoms with E-state index >= 15 is 0 Å². The lowest BCUT2D eigenvalue weighted by Crippen LogP contribution is -2.43. The molecule has 1 amide bonds. The SMILES string of the molecule is C=Cc1ccc(C(=O)N(c2cccc(F)c2)C2CCOCC2)cc1. The van der Waals surface area contributed by atoms with E-state index in [1.165, 1.54) is 12.1 Å². The van der Waals surface area contributed by atoms with E-state index in [-0.39, 0.29) is 17.8 Å². The molecule has 0 atom stereocenters. The number of nitrogens with zero attached hydrogens (tertiary/aromatic N) is 1. The molecule has 0 aliphatic carbocycles. The summed E-state index contributed by atoms with van der Waals surface area (Å²) in [7, 11) is 0. The molecule has 0 N–H and O–H groups in total. The van der Waals surface area contributed by atoms with Gasteiger partial charge in [-0.3, -0.25) is 4.79 Å². The second kappa shape index (κ2) is 7.41. The van der Waals surface area contributed by atoms with Crippen LogP contribution in [0.4, 0.5) is 10.1 Å². The highest BCUT2D eigenvalue weighted by atomic mass is 19.1. The number of hydrogen-bond acceptors (Lipinski definition) is 2. The third-order valence-corrected chi connectivity index (χ3v) is 4.25. The topological polar surface area (TPSA) is 29.5 Å². The van der Waals surface area contributed by atoms with Crippen LogP contribution in [0.25, 0.3) is 6.08 Å². The Morgan fingerprint density at radius 1 is 1.17 bits per heavy atom. The highest BCUT2D eigenvalue weighted by molar-refractivity contribution is 6.06. The Balaban J connectivity index is 1.96. The van der Waals surface area contributed by atoms with E-state index in [0.29, 0.717) is 24.5 Å². The summed E-state index contributed by atoms with van der Waals surface area (Å²) in [4.78, 5) is 14.8. The average molecular weight is 325 g/mol. The monoisotopic (exact) mass is 325 g/mol. The van der Waals surface area contributed by atoms with Crippen LogP contribution in [0.5, 0.6) is 0 Å². The quantitative estimate of drug-likeness (QED) is 0.839. The summed E-state index contributed by atoms with van der Waals surface area (Å²) in [6.07, 6.45) is 3.22. The van der Waals surface area contributed by atoms with Gasteiger partial charge in [0.2, 0.25) is 0 Å². The van der Waals surface area contributed by atoms with Crippen molar-refractivity contribution < 1.29 is 13.9 Å². The summed E-state index contributed by atoms with van der Waals surface area (Å²) in [5, 5.41) is 0. The molecule has 0 radical (unpaired) electrons. The number of carbonyl (C=O) groups is 1. The number of carbonyl (C=O) groups excluding carboxylic acids is 1. The maximum absolute atomic E-state index is 13.7. The summed E-state index contributed by atoms with van der Waals surface area (Å²) in [6.45, 7) is 4.94. The van der Waals surface area contributed by atoms with E-state index in [0.717, 1.165) is 18.4 Å². The van der Waals surface area contributed by atoms with Crippen molar-refractivity contribution in [2.75, 3.05) is 18.1 Å². The summed E-state index contributed by atoms with van der Waals surface area (Å²) >= 11 is 0. The maximum Gasteiger partial charge on any atom is 0.258 e. The Morgan fingerprint density at radius 3 is 2.50 bits per heavy atom. The van der Waals surface area contributed by atoms with Crippen molar-refractivity contribution >= 4 is 17.7 Å². The van der Waals surface area contributed by atoms with Crippen LogP contribution < -0.4 is 4.90 Å². The highest BCUT2D eigenvalue weighted by Crippen LogP contribution is 2.26. The van der Waals surface area contributed by atoms with Gasteiger partial charge in [0.05, 0.1) is 0 Å². The van der Waals surface area contributed by atoms with Gasteiger partial charge in [-0.25, -0.2) is 4.39 Å². The van der Waals surface area contributed by atoms with Crippen LogP contribution in [0.2, 0.25) is 0 Å². The van der Waals surface area contributed by atoms with Crippen LogP contribution in [0.1, 0.15) is 28.8 Å². The van der Waals surface area contributed by atoms with Gasteiger partial charge in [0.1, 0.15) is 5.82 Å². The van der Waals surface area contributed by atoms with E-state index in [2.05, 4.69) is 6.58 Å². The number of ether oxygens (including phenoxy) is 1. The zero-order chi connectivity index (χ0) is 16.9. The Morgan fingerprint density at radius 2 is 1.88 bits per heavy atom. The molecule has 24 heavy (non-hydrogen) atoms. The Labute approximate surface area is 141 Å². The molecule has 1 aliphatic rings. The molecule has 1 saturated heterocycles. The van der Waals surface area contributed by atoms with Gasteiger partial charge in [-0.15, -0.1) is 0 Å². The van der Waals surface area contributed by atoms with E-state index in [1.54, 1.807) is 35.2 Å². The van der Waals surface area contributed by atoms with Crippen molar-refractivity contribution in [3.05, 3.63) is 72.1 Å². The minimum Gasteiger partial charge on any atom is -0.381 e. The van der Waals surface area contributed by atoms with Gasteiger partial charge in [0.15, 0.2) is 0 Å². The lowest BCUT2D eigenvalue weighted by Gasteiger charge is -2.34. The predicted octanol–water partition coefficient (Wildman–Crippen LogP) is 4.29. The van der Waals surface area contributed by atoms with Crippen molar-refractivity contribution in [3.8, 4) is 0 Å². The Kier molecular flexibility index (Phi) is 5.06. The van der Waals surface area contributed by atoms with E-state index in [1.807, 2.05) is 12.1 Å². The van der Waals surface area contributed by atoms with Crippen molar-refractivity contribution in [2.24, 2.45) is 0 Å². The largest absolute Gasteiger partial charge is 0.381 e. The van der Waals surface area contributed by atoms with Crippen molar-refractivity contribution in [3.63, 3.8) is 0 Å². The first kappa shape index (κ1) is 16.4. The highest BCUT2D eigenvalue weighted by Gasteiger charge is 2.28. The fourth-order valence-electron chi connectivity index (χ4n) is 2.96. The lowest BCUT2D eigenvalue weighted by atomic mass is 10.0. The maximum atomic E-state index is 13.7. The minimum absolute atomic E-state index is 0.00660. The van der Waals surface area contributed by atoms with Crippen molar-refractivity contribution in [1.82, 2.24) is 0 Å². The molecule has 3 rings (SSSR count). The molecule has 0 aromatic heterocycles.